The normalized spacial score (nSPS) is 19.6. The van der Waals surface area contributed by atoms with Gasteiger partial charge in [-0.05, 0) is 19.4 Å². The first-order valence-electron chi connectivity index (χ1n) is 6.10. The molecule has 1 aromatic heterocycles. The topological polar surface area (TPSA) is 42.7 Å². The lowest BCUT2D eigenvalue weighted by Crippen LogP contribution is -2.26. The molecule has 0 saturated carbocycles. The van der Waals surface area contributed by atoms with E-state index in [1.807, 2.05) is 41.3 Å². The monoisotopic (exact) mass is 228 g/mol. The number of hydrogen-bond acceptors (Lipinski definition) is 3. The average Bonchev–Trinajstić information content (AvgIpc) is 3.02. The van der Waals surface area contributed by atoms with Gasteiger partial charge in [-0.2, -0.15) is 5.10 Å². The first-order valence-corrected chi connectivity index (χ1v) is 6.10. The van der Waals surface area contributed by atoms with Crippen molar-refractivity contribution in [3.63, 3.8) is 0 Å². The van der Waals surface area contributed by atoms with Crippen molar-refractivity contribution in [3.8, 4) is 11.4 Å². The van der Waals surface area contributed by atoms with Crippen molar-refractivity contribution in [3.05, 3.63) is 36.7 Å². The van der Waals surface area contributed by atoms with Gasteiger partial charge in [0.25, 0.3) is 0 Å². The summed E-state index contributed by atoms with van der Waals surface area (Å²) in [6.45, 7) is 2.05. The number of nitrogens with zero attached hydrogens (tertiary/aromatic N) is 3. The summed E-state index contributed by atoms with van der Waals surface area (Å²) in [5.41, 5.74) is 1.07. The van der Waals surface area contributed by atoms with Gasteiger partial charge in [-0.15, -0.1) is 0 Å². The van der Waals surface area contributed by atoms with E-state index in [9.17, 15) is 0 Å². The van der Waals surface area contributed by atoms with E-state index in [1.165, 1.54) is 12.8 Å². The molecule has 3 rings (SSSR count). The Hall–Kier alpha value is -1.68. The van der Waals surface area contributed by atoms with E-state index in [0.29, 0.717) is 6.04 Å². The molecule has 0 aliphatic carbocycles. The molecule has 1 atom stereocenters. The first kappa shape index (κ1) is 10.5. The number of rotatable bonds is 3. The molecule has 2 heterocycles. The molecule has 4 heteroatoms. The summed E-state index contributed by atoms with van der Waals surface area (Å²) in [4.78, 5) is 4.35. The third-order valence-corrected chi connectivity index (χ3v) is 3.14. The third-order valence-electron chi connectivity index (χ3n) is 3.14. The maximum absolute atomic E-state index is 4.51. The van der Waals surface area contributed by atoms with Gasteiger partial charge in [0.15, 0.2) is 5.82 Å². The van der Waals surface area contributed by atoms with Gasteiger partial charge >= 0.3 is 0 Å². The van der Waals surface area contributed by atoms with E-state index in [2.05, 4.69) is 15.4 Å². The van der Waals surface area contributed by atoms with E-state index in [4.69, 9.17) is 0 Å². The summed E-state index contributed by atoms with van der Waals surface area (Å²) in [5.74, 6) is 0.809. The molecule has 1 saturated heterocycles. The van der Waals surface area contributed by atoms with Crippen molar-refractivity contribution in [2.24, 2.45) is 0 Å². The molecule has 1 aliphatic heterocycles. The van der Waals surface area contributed by atoms with Crippen LogP contribution in [0.1, 0.15) is 12.8 Å². The summed E-state index contributed by atoms with van der Waals surface area (Å²) in [7, 11) is 0. The van der Waals surface area contributed by atoms with Crippen LogP contribution in [-0.4, -0.2) is 27.4 Å². The second-order valence-electron chi connectivity index (χ2n) is 4.45. The van der Waals surface area contributed by atoms with E-state index >= 15 is 0 Å². The summed E-state index contributed by atoms with van der Waals surface area (Å²) >= 11 is 0. The minimum absolute atomic E-state index is 0.556. The predicted molar refractivity (Wildman–Crippen MR) is 66.5 cm³/mol. The molecule has 4 nitrogen and oxygen atoms in total. The van der Waals surface area contributed by atoms with Crippen LogP contribution in [0, 0.1) is 0 Å². The quantitative estimate of drug-likeness (QED) is 0.869. The molecular weight excluding hydrogens is 212 g/mol. The summed E-state index contributed by atoms with van der Waals surface area (Å²) in [6, 6.07) is 10.6. The average molecular weight is 228 g/mol. The zero-order valence-electron chi connectivity index (χ0n) is 9.71. The number of benzene rings is 1. The van der Waals surface area contributed by atoms with E-state index in [-0.39, 0.29) is 0 Å². The van der Waals surface area contributed by atoms with Gasteiger partial charge in [-0.25, -0.2) is 4.98 Å². The molecule has 1 fully saturated rings. The van der Waals surface area contributed by atoms with Gasteiger partial charge < -0.3 is 5.32 Å². The minimum atomic E-state index is 0.556. The van der Waals surface area contributed by atoms with E-state index in [0.717, 1.165) is 24.5 Å². The van der Waals surface area contributed by atoms with Gasteiger partial charge in [-0.1, -0.05) is 30.3 Å². The van der Waals surface area contributed by atoms with Crippen LogP contribution in [0.2, 0.25) is 0 Å². The third kappa shape index (κ3) is 2.36. The summed E-state index contributed by atoms with van der Waals surface area (Å²) in [6.07, 6.45) is 4.33. The number of hydrogen-bond donors (Lipinski definition) is 1. The fourth-order valence-corrected chi connectivity index (χ4v) is 2.24. The zero-order chi connectivity index (χ0) is 11.5. The molecule has 17 heavy (non-hydrogen) atoms. The van der Waals surface area contributed by atoms with Crippen molar-refractivity contribution in [2.45, 2.75) is 25.4 Å². The van der Waals surface area contributed by atoms with Crippen LogP contribution in [0.15, 0.2) is 36.7 Å². The smallest absolute Gasteiger partial charge is 0.181 e. The lowest BCUT2D eigenvalue weighted by molar-refractivity contribution is 0.476. The Kier molecular flexibility index (Phi) is 2.88. The van der Waals surface area contributed by atoms with Crippen LogP contribution >= 0.6 is 0 Å². The first-order chi connectivity index (χ1) is 8.42. The molecule has 1 unspecified atom stereocenters. The molecule has 0 bridgehead atoms. The Balaban J connectivity index is 1.74. The molecule has 1 N–H and O–H groups in total. The van der Waals surface area contributed by atoms with Crippen LogP contribution in [-0.2, 0) is 6.54 Å². The fourth-order valence-electron chi connectivity index (χ4n) is 2.24. The highest BCUT2D eigenvalue weighted by Gasteiger charge is 2.15. The van der Waals surface area contributed by atoms with Crippen molar-refractivity contribution < 1.29 is 0 Å². The second kappa shape index (κ2) is 4.67. The maximum Gasteiger partial charge on any atom is 0.181 e. The summed E-state index contributed by atoms with van der Waals surface area (Å²) in [5, 5.41) is 7.98. The largest absolute Gasteiger partial charge is 0.312 e. The van der Waals surface area contributed by atoms with Gasteiger partial charge in [0.1, 0.15) is 6.33 Å². The van der Waals surface area contributed by atoms with Crippen LogP contribution in [0.5, 0.6) is 0 Å². The van der Waals surface area contributed by atoms with E-state index in [1.54, 1.807) is 0 Å². The lowest BCUT2D eigenvalue weighted by Gasteiger charge is -2.08. The van der Waals surface area contributed by atoms with Crippen molar-refractivity contribution in [1.29, 1.82) is 0 Å². The van der Waals surface area contributed by atoms with Gasteiger partial charge in [0, 0.05) is 11.6 Å². The lowest BCUT2D eigenvalue weighted by atomic mass is 10.2. The molecule has 0 amide bonds. The Morgan fingerprint density at radius 2 is 2.18 bits per heavy atom. The van der Waals surface area contributed by atoms with Crippen LogP contribution in [0.25, 0.3) is 11.4 Å². The highest BCUT2D eigenvalue weighted by molar-refractivity contribution is 5.53. The fraction of sp³-hybridized carbons (Fsp3) is 0.385. The molecule has 1 aromatic carbocycles. The van der Waals surface area contributed by atoms with Crippen molar-refractivity contribution in [1.82, 2.24) is 20.1 Å². The molecule has 88 valence electrons. The Labute approximate surface area is 101 Å². The highest BCUT2D eigenvalue weighted by Crippen LogP contribution is 2.13. The SMILES string of the molecule is c1ccc(-c2ncn(CC3CCCN3)n2)cc1. The Bertz CT molecular complexity index is 471. The Morgan fingerprint density at radius 3 is 2.94 bits per heavy atom. The highest BCUT2D eigenvalue weighted by atomic mass is 15.3. The van der Waals surface area contributed by atoms with Crippen molar-refractivity contribution >= 4 is 0 Å². The molecule has 2 aromatic rings. The van der Waals surface area contributed by atoms with Gasteiger partial charge in [0.05, 0.1) is 6.54 Å². The summed E-state index contributed by atoms with van der Waals surface area (Å²) < 4.78 is 1.94. The zero-order valence-corrected chi connectivity index (χ0v) is 9.71. The predicted octanol–water partition coefficient (Wildman–Crippen LogP) is 1.70. The molecular formula is C13H16N4. The Morgan fingerprint density at radius 1 is 1.29 bits per heavy atom. The second-order valence-corrected chi connectivity index (χ2v) is 4.45. The van der Waals surface area contributed by atoms with Gasteiger partial charge in [-0.3, -0.25) is 4.68 Å². The molecule has 0 radical (unpaired) electrons. The van der Waals surface area contributed by atoms with Crippen LogP contribution in [0.4, 0.5) is 0 Å². The van der Waals surface area contributed by atoms with Gasteiger partial charge in [0.2, 0.25) is 0 Å². The van der Waals surface area contributed by atoms with Crippen LogP contribution < -0.4 is 5.32 Å². The van der Waals surface area contributed by atoms with Crippen molar-refractivity contribution in [2.75, 3.05) is 6.54 Å². The molecule has 1 aliphatic rings. The maximum atomic E-state index is 4.51. The minimum Gasteiger partial charge on any atom is -0.312 e. The van der Waals surface area contributed by atoms with Crippen LogP contribution in [0.3, 0.4) is 0 Å². The molecule has 0 spiro atoms. The number of nitrogens with one attached hydrogen (secondary N) is 1. The number of aromatic nitrogens is 3. The standard InChI is InChI=1S/C13H16N4/c1-2-5-11(6-3-1)13-15-10-17(16-13)9-12-7-4-8-14-12/h1-3,5-6,10,12,14H,4,7-9H2. The van der Waals surface area contributed by atoms with E-state index < -0.39 is 0 Å².